The number of phenols is 1. The molecule has 0 aliphatic heterocycles. The van der Waals surface area contributed by atoms with Gasteiger partial charge >= 0.3 is 0 Å². The minimum absolute atomic E-state index is 0.0566. The molecular weight excluding hydrogens is 254 g/mol. The Balaban J connectivity index is 2.91. The molecule has 20 heavy (non-hydrogen) atoms. The number of nitrogens with one attached hydrogen (secondary N) is 1. The van der Waals surface area contributed by atoms with E-state index in [1.165, 1.54) is 6.07 Å². The number of carbonyl (C=O) groups excluding carboxylic acids is 1. The molecule has 1 rings (SSSR count). The average Bonchev–Trinajstić information content (AvgIpc) is 2.43. The number of aryl methyl sites for hydroxylation is 1. The van der Waals surface area contributed by atoms with Crippen LogP contribution in [0.1, 0.15) is 19.4 Å². The fourth-order valence-electron chi connectivity index (χ4n) is 1.70. The normalized spacial score (nSPS) is 10.8. The van der Waals surface area contributed by atoms with Crippen molar-refractivity contribution in [2.75, 3.05) is 18.4 Å². The number of nitriles is 1. The van der Waals surface area contributed by atoms with Crippen molar-refractivity contribution in [2.45, 2.75) is 20.8 Å². The van der Waals surface area contributed by atoms with Gasteiger partial charge in [0.1, 0.15) is 17.4 Å². The molecule has 0 aliphatic carbocycles. The minimum Gasteiger partial charge on any atom is -0.508 e. The molecule has 0 aliphatic rings. The molecule has 5 nitrogen and oxygen atoms in total. The van der Waals surface area contributed by atoms with Gasteiger partial charge in [-0.05, 0) is 44.5 Å². The van der Waals surface area contributed by atoms with Gasteiger partial charge in [-0.1, -0.05) is 0 Å². The smallest absolute Gasteiger partial charge is 0.267 e. The Hall–Kier alpha value is -2.48. The van der Waals surface area contributed by atoms with Gasteiger partial charge in [-0.3, -0.25) is 4.79 Å². The molecule has 1 amide bonds. The minimum atomic E-state index is -0.451. The van der Waals surface area contributed by atoms with Crippen molar-refractivity contribution in [3.8, 4) is 11.8 Å². The molecule has 0 bridgehead atoms. The molecule has 0 heterocycles. The maximum absolute atomic E-state index is 12.1. The highest BCUT2D eigenvalue weighted by Crippen LogP contribution is 2.20. The van der Waals surface area contributed by atoms with Crippen LogP contribution in [-0.2, 0) is 4.79 Å². The van der Waals surface area contributed by atoms with Gasteiger partial charge in [-0.25, -0.2) is 0 Å². The Morgan fingerprint density at radius 3 is 2.60 bits per heavy atom. The second kappa shape index (κ2) is 7.19. The lowest BCUT2D eigenvalue weighted by molar-refractivity contribution is -0.112. The largest absolute Gasteiger partial charge is 0.508 e. The van der Waals surface area contributed by atoms with Crippen LogP contribution in [0.2, 0.25) is 0 Å². The summed E-state index contributed by atoms with van der Waals surface area (Å²) in [5.41, 5.74) is 1.37. The van der Waals surface area contributed by atoms with Crippen LogP contribution in [0.15, 0.2) is 30.0 Å². The summed E-state index contributed by atoms with van der Waals surface area (Å²) in [4.78, 5) is 13.9. The van der Waals surface area contributed by atoms with Crippen molar-refractivity contribution in [3.05, 3.63) is 35.5 Å². The molecular formula is C15H19N3O2. The monoisotopic (exact) mass is 273 g/mol. The molecule has 0 fully saturated rings. The summed E-state index contributed by atoms with van der Waals surface area (Å²) in [5.74, 6) is -0.312. The topological polar surface area (TPSA) is 76.4 Å². The highest BCUT2D eigenvalue weighted by atomic mass is 16.3. The first-order chi connectivity index (χ1) is 9.51. The van der Waals surface area contributed by atoms with Crippen molar-refractivity contribution in [1.29, 1.82) is 5.26 Å². The third-order valence-electron chi connectivity index (χ3n) is 2.95. The fourth-order valence-corrected chi connectivity index (χ4v) is 1.70. The highest BCUT2D eigenvalue weighted by Gasteiger charge is 2.12. The molecule has 2 N–H and O–H groups in total. The van der Waals surface area contributed by atoms with Crippen LogP contribution in [-0.4, -0.2) is 29.0 Å². The number of phenolic OH excluding ortho intramolecular Hbond substituents is 1. The summed E-state index contributed by atoms with van der Waals surface area (Å²) in [7, 11) is 0. The van der Waals surface area contributed by atoms with Gasteiger partial charge < -0.3 is 15.3 Å². The number of hydrogen-bond donors (Lipinski definition) is 2. The van der Waals surface area contributed by atoms with Crippen LogP contribution in [0.4, 0.5) is 5.69 Å². The molecule has 0 unspecified atom stereocenters. The summed E-state index contributed by atoms with van der Waals surface area (Å²) < 4.78 is 0. The Labute approximate surface area is 119 Å². The molecule has 1 aromatic rings. The van der Waals surface area contributed by atoms with E-state index in [1.54, 1.807) is 25.3 Å². The van der Waals surface area contributed by atoms with Crippen LogP contribution in [0.5, 0.6) is 5.75 Å². The lowest BCUT2D eigenvalue weighted by Gasteiger charge is -2.16. The van der Waals surface area contributed by atoms with Crippen LogP contribution in [0.3, 0.4) is 0 Å². The second-order valence-electron chi connectivity index (χ2n) is 4.33. The first kappa shape index (κ1) is 15.6. The number of amides is 1. The van der Waals surface area contributed by atoms with Gasteiger partial charge in [0.25, 0.3) is 5.91 Å². The van der Waals surface area contributed by atoms with Crippen molar-refractivity contribution in [1.82, 2.24) is 4.90 Å². The van der Waals surface area contributed by atoms with Crippen molar-refractivity contribution < 1.29 is 9.90 Å². The number of nitrogens with zero attached hydrogens (tertiary/aromatic N) is 2. The van der Waals surface area contributed by atoms with Crippen molar-refractivity contribution >= 4 is 11.6 Å². The van der Waals surface area contributed by atoms with Gasteiger partial charge in [0.15, 0.2) is 0 Å². The predicted molar refractivity (Wildman–Crippen MR) is 78.1 cm³/mol. The molecule has 106 valence electrons. The average molecular weight is 273 g/mol. The van der Waals surface area contributed by atoms with Crippen LogP contribution in [0.25, 0.3) is 0 Å². The number of aromatic hydroxyl groups is 1. The predicted octanol–water partition coefficient (Wildman–Crippen LogP) is 2.39. The van der Waals surface area contributed by atoms with Gasteiger partial charge in [-0.15, -0.1) is 0 Å². The third-order valence-corrected chi connectivity index (χ3v) is 2.95. The van der Waals surface area contributed by atoms with E-state index >= 15 is 0 Å². The second-order valence-corrected chi connectivity index (χ2v) is 4.33. The molecule has 0 radical (unpaired) electrons. The fraction of sp³-hybridized carbons (Fsp3) is 0.333. The summed E-state index contributed by atoms with van der Waals surface area (Å²) in [6.07, 6.45) is 1.56. The lowest BCUT2D eigenvalue weighted by Crippen LogP contribution is -2.21. The first-order valence-electron chi connectivity index (χ1n) is 6.48. The van der Waals surface area contributed by atoms with E-state index in [9.17, 15) is 9.90 Å². The molecule has 5 heteroatoms. The maximum Gasteiger partial charge on any atom is 0.267 e. The zero-order chi connectivity index (χ0) is 15.1. The lowest BCUT2D eigenvalue weighted by atomic mass is 10.2. The zero-order valence-corrected chi connectivity index (χ0v) is 12.0. The number of benzene rings is 1. The summed E-state index contributed by atoms with van der Waals surface area (Å²) >= 11 is 0. The van der Waals surface area contributed by atoms with Crippen LogP contribution < -0.4 is 5.32 Å². The van der Waals surface area contributed by atoms with Gasteiger partial charge in [0.05, 0.1) is 0 Å². The SMILES string of the molecule is CCN(/C=C(/C#N)C(=O)Nc1ccc(O)cc1C)CC. The Kier molecular flexibility index (Phi) is 5.60. The molecule has 0 atom stereocenters. The molecule has 0 saturated carbocycles. The van der Waals surface area contributed by atoms with E-state index in [0.29, 0.717) is 5.69 Å². The van der Waals surface area contributed by atoms with Gasteiger partial charge in [-0.2, -0.15) is 5.26 Å². The number of hydrogen-bond acceptors (Lipinski definition) is 4. The molecule has 0 saturated heterocycles. The van der Waals surface area contributed by atoms with E-state index in [1.807, 2.05) is 24.8 Å². The number of carbonyl (C=O) groups is 1. The van der Waals surface area contributed by atoms with Crippen LogP contribution in [0, 0.1) is 18.3 Å². The molecule has 0 aromatic heterocycles. The third kappa shape index (κ3) is 4.02. The highest BCUT2D eigenvalue weighted by molar-refractivity contribution is 6.06. The number of anilines is 1. The summed E-state index contributed by atoms with van der Waals surface area (Å²) in [5, 5.41) is 21.1. The standard InChI is InChI=1S/C15H19N3O2/c1-4-18(5-2)10-12(9-16)15(20)17-14-7-6-13(19)8-11(14)3/h6-8,10,19H,4-5H2,1-3H3,(H,17,20)/b12-10-. The van der Waals surface area contributed by atoms with Crippen LogP contribution >= 0.6 is 0 Å². The summed E-state index contributed by atoms with van der Waals surface area (Å²) in [6.45, 7) is 7.14. The molecule has 0 spiro atoms. The number of rotatable bonds is 5. The van der Waals surface area contributed by atoms with E-state index in [4.69, 9.17) is 5.26 Å². The van der Waals surface area contributed by atoms with Crippen molar-refractivity contribution in [3.63, 3.8) is 0 Å². The first-order valence-corrected chi connectivity index (χ1v) is 6.48. The Morgan fingerprint density at radius 2 is 2.10 bits per heavy atom. The molecule has 1 aromatic carbocycles. The Morgan fingerprint density at radius 1 is 1.45 bits per heavy atom. The summed E-state index contributed by atoms with van der Waals surface area (Å²) in [6, 6.07) is 6.56. The zero-order valence-electron chi connectivity index (χ0n) is 12.0. The van der Waals surface area contributed by atoms with E-state index < -0.39 is 5.91 Å². The van der Waals surface area contributed by atoms with Crippen molar-refractivity contribution in [2.24, 2.45) is 0 Å². The van der Waals surface area contributed by atoms with E-state index in [-0.39, 0.29) is 11.3 Å². The quantitative estimate of drug-likeness (QED) is 0.490. The maximum atomic E-state index is 12.1. The van der Waals surface area contributed by atoms with E-state index in [2.05, 4.69) is 5.32 Å². The Bertz CT molecular complexity index is 555. The van der Waals surface area contributed by atoms with Gasteiger partial charge in [0.2, 0.25) is 0 Å². The van der Waals surface area contributed by atoms with E-state index in [0.717, 1.165) is 18.7 Å². The van der Waals surface area contributed by atoms with Gasteiger partial charge in [0, 0.05) is 25.0 Å².